The van der Waals surface area contributed by atoms with Gasteiger partial charge < -0.3 is 5.32 Å². The topological polar surface area (TPSA) is 63.2 Å². The van der Waals surface area contributed by atoms with E-state index >= 15 is 0 Å². The van der Waals surface area contributed by atoms with E-state index in [1.165, 1.54) is 6.07 Å². The lowest BCUT2D eigenvalue weighted by molar-refractivity contribution is -0.118. The zero-order valence-corrected chi connectivity index (χ0v) is 12.0. The van der Waals surface area contributed by atoms with Gasteiger partial charge in [-0.05, 0) is 30.0 Å². The first kappa shape index (κ1) is 14.3. The average molecular weight is 306 g/mol. The molecule has 1 saturated carbocycles. The Kier molecular flexibility index (Phi) is 3.35. The molecule has 0 aliphatic heterocycles. The zero-order chi connectivity index (χ0) is 14.4. The van der Waals surface area contributed by atoms with Crippen LogP contribution in [0.25, 0.3) is 0 Å². The maximum Gasteiger partial charge on any atom is 0.261 e. The standard InChI is InChI=1S/C12H13ClFNO3S/c1-12(2)6-8(12)11(16)15-10-4-3-7(5-9(10)14)19(13,17)18/h3-5,8H,6H2,1-2H3,(H,15,16). The Morgan fingerprint density at radius 2 is 2.05 bits per heavy atom. The predicted octanol–water partition coefficient (Wildman–Crippen LogP) is 2.74. The number of halogens is 2. The van der Waals surface area contributed by atoms with Crippen LogP contribution in [0, 0.1) is 17.2 Å². The summed E-state index contributed by atoms with van der Waals surface area (Å²) in [5, 5.41) is 2.45. The fourth-order valence-electron chi connectivity index (χ4n) is 1.88. The summed E-state index contributed by atoms with van der Waals surface area (Å²) >= 11 is 0. The van der Waals surface area contributed by atoms with Gasteiger partial charge in [-0.1, -0.05) is 13.8 Å². The molecule has 0 heterocycles. The first-order valence-corrected chi connectivity index (χ1v) is 7.97. The van der Waals surface area contributed by atoms with E-state index in [0.717, 1.165) is 18.6 Å². The largest absolute Gasteiger partial charge is 0.323 e. The monoisotopic (exact) mass is 305 g/mol. The predicted molar refractivity (Wildman–Crippen MR) is 70.0 cm³/mol. The Morgan fingerprint density at radius 1 is 1.47 bits per heavy atom. The lowest BCUT2D eigenvalue weighted by Crippen LogP contribution is -2.17. The highest BCUT2D eigenvalue weighted by Crippen LogP contribution is 2.52. The van der Waals surface area contributed by atoms with Crippen LogP contribution in [-0.4, -0.2) is 14.3 Å². The molecule has 1 atom stereocenters. The van der Waals surface area contributed by atoms with Crippen LogP contribution >= 0.6 is 10.7 Å². The Hall–Kier alpha value is -1.14. The van der Waals surface area contributed by atoms with Crippen molar-refractivity contribution in [3.63, 3.8) is 0 Å². The van der Waals surface area contributed by atoms with Gasteiger partial charge in [-0.2, -0.15) is 0 Å². The van der Waals surface area contributed by atoms with E-state index in [4.69, 9.17) is 10.7 Å². The molecule has 1 amide bonds. The van der Waals surface area contributed by atoms with E-state index in [2.05, 4.69) is 5.32 Å². The summed E-state index contributed by atoms with van der Waals surface area (Å²) in [7, 11) is 1.13. The van der Waals surface area contributed by atoms with Crippen LogP contribution in [0.5, 0.6) is 0 Å². The molecule has 104 valence electrons. The highest BCUT2D eigenvalue weighted by Gasteiger charge is 2.50. The third kappa shape index (κ3) is 3.06. The normalized spacial score (nSPS) is 20.9. The average Bonchev–Trinajstić information content (AvgIpc) is 2.89. The van der Waals surface area contributed by atoms with E-state index < -0.39 is 14.9 Å². The van der Waals surface area contributed by atoms with Gasteiger partial charge in [-0.3, -0.25) is 4.79 Å². The molecule has 0 saturated heterocycles. The number of anilines is 1. The summed E-state index contributed by atoms with van der Waals surface area (Å²) in [5.74, 6) is -1.22. The number of amides is 1. The fraction of sp³-hybridized carbons (Fsp3) is 0.417. The number of carbonyl (C=O) groups is 1. The van der Waals surface area contributed by atoms with Crippen LogP contribution in [0.2, 0.25) is 0 Å². The van der Waals surface area contributed by atoms with Gasteiger partial charge in [0.2, 0.25) is 5.91 Å². The number of nitrogens with one attached hydrogen (secondary N) is 1. The van der Waals surface area contributed by atoms with Gasteiger partial charge in [0.05, 0.1) is 10.6 Å². The Balaban J connectivity index is 2.17. The van der Waals surface area contributed by atoms with E-state index in [9.17, 15) is 17.6 Å². The third-order valence-corrected chi connectivity index (χ3v) is 4.66. The quantitative estimate of drug-likeness (QED) is 0.873. The minimum Gasteiger partial charge on any atom is -0.323 e. The van der Waals surface area contributed by atoms with Crippen molar-refractivity contribution >= 4 is 31.3 Å². The van der Waals surface area contributed by atoms with Crippen molar-refractivity contribution < 1.29 is 17.6 Å². The van der Waals surface area contributed by atoms with Gasteiger partial charge in [0.15, 0.2) is 0 Å². The number of carbonyl (C=O) groups excluding carboxylic acids is 1. The van der Waals surface area contributed by atoms with Crippen molar-refractivity contribution in [2.45, 2.75) is 25.2 Å². The van der Waals surface area contributed by atoms with Crippen molar-refractivity contribution in [2.24, 2.45) is 11.3 Å². The maximum atomic E-state index is 13.7. The van der Waals surface area contributed by atoms with Gasteiger partial charge >= 0.3 is 0 Å². The van der Waals surface area contributed by atoms with Crippen molar-refractivity contribution in [1.82, 2.24) is 0 Å². The summed E-state index contributed by atoms with van der Waals surface area (Å²) in [5.41, 5.74) is -0.100. The molecular weight excluding hydrogens is 293 g/mol. The molecule has 4 nitrogen and oxygen atoms in total. The number of hydrogen-bond donors (Lipinski definition) is 1. The number of benzene rings is 1. The molecule has 19 heavy (non-hydrogen) atoms. The molecule has 1 aromatic carbocycles. The molecule has 2 rings (SSSR count). The van der Waals surface area contributed by atoms with Crippen LogP contribution in [-0.2, 0) is 13.8 Å². The van der Waals surface area contributed by atoms with Crippen LogP contribution in [0.15, 0.2) is 23.1 Å². The summed E-state index contributed by atoms with van der Waals surface area (Å²) in [6.07, 6.45) is 0.759. The van der Waals surface area contributed by atoms with Gasteiger partial charge in [0.25, 0.3) is 9.05 Å². The highest BCUT2D eigenvalue weighted by molar-refractivity contribution is 8.13. The molecule has 0 aromatic heterocycles. The maximum absolute atomic E-state index is 13.7. The molecule has 1 unspecified atom stereocenters. The number of hydrogen-bond acceptors (Lipinski definition) is 3. The summed E-state index contributed by atoms with van der Waals surface area (Å²) < 4.78 is 35.7. The Bertz CT molecular complexity index is 642. The highest BCUT2D eigenvalue weighted by atomic mass is 35.7. The Morgan fingerprint density at radius 3 is 2.47 bits per heavy atom. The van der Waals surface area contributed by atoms with Crippen LogP contribution in [0.1, 0.15) is 20.3 Å². The smallest absolute Gasteiger partial charge is 0.261 e. The van der Waals surface area contributed by atoms with Gasteiger partial charge in [-0.15, -0.1) is 0 Å². The van der Waals surface area contributed by atoms with Crippen molar-refractivity contribution in [1.29, 1.82) is 0 Å². The molecular formula is C12H13ClFNO3S. The molecule has 1 N–H and O–H groups in total. The molecule has 1 aliphatic rings. The van der Waals surface area contributed by atoms with E-state index in [-0.39, 0.29) is 27.8 Å². The van der Waals surface area contributed by atoms with E-state index in [0.29, 0.717) is 0 Å². The van der Waals surface area contributed by atoms with Gasteiger partial charge in [0.1, 0.15) is 5.82 Å². The summed E-state index contributed by atoms with van der Waals surface area (Å²) in [6, 6.07) is 3.13. The van der Waals surface area contributed by atoms with E-state index in [1.54, 1.807) is 0 Å². The lowest BCUT2D eigenvalue weighted by atomic mass is 10.1. The van der Waals surface area contributed by atoms with Crippen molar-refractivity contribution in [3.05, 3.63) is 24.0 Å². The minimum atomic E-state index is -3.97. The molecule has 1 aliphatic carbocycles. The fourth-order valence-corrected chi connectivity index (χ4v) is 2.65. The first-order chi connectivity index (χ1) is 8.61. The van der Waals surface area contributed by atoms with E-state index in [1.807, 2.05) is 13.8 Å². The van der Waals surface area contributed by atoms with Gasteiger partial charge in [0, 0.05) is 16.6 Å². The zero-order valence-electron chi connectivity index (χ0n) is 10.4. The van der Waals surface area contributed by atoms with Crippen LogP contribution < -0.4 is 5.32 Å². The first-order valence-electron chi connectivity index (χ1n) is 5.66. The summed E-state index contributed by atoms with van der Waals surface area (Å²) in [4.78, 5) is 11.5. The van der Waals surface area contributed by atoms with Crippen LogP contribution in [0.4, 0.5) is 10.1 Å². The SMILES string of the molecule is CC1(C)CC1C(=O)Nc1ccc(S(=O)(=O)Cl)cc1F. The molecule has 0 spiro atoms. The molecule has 7 heteroatoms. The summed E-state index contributed by atoms with van der Waals surface area (Å²) in [6.45, 7) is 3.91. The molecule has 1 aromatic rings. The number of rotatable bonds is 3. The molecule has 0 radical (unpaired) electrons. The second-order valence-corrected chi connectivity index (χ2v) is 7.88. The molecule has 0 bridgehead atoms. The second-order valence-electron chi connectivity index (χ2n) is 5.31. The molecule has 1 fully saturated rings. The third-order valence-electron chi connectivity index (χ3n) is 3.31. The van der Waals surface area contributed by atoms with Crippen molar-refractivity contribution in [3.8, 4) is 0 Å². The van der Waals surface area contributed by atoms with Crippen LogP contribution in [0.3, 0.4) is 0 Å². The van der Waals surface area contributed by atoms with Gasteiger partial charge in [-0.25, -0.2) is 12.8 Å². The second kappa shape index (κ2) is 4.45. The minimum absolute atomic E-state index is 0.0447. The lowest BCUT2D eigenvalue weighted by Gasteiger charge is -2.08. The Labute approximate surface area is 115 Å². The van der Waals surface area contributed by atoms with Crippen molar-refractivity contribution in [2.75, 3.05) is 5.32 Å².